The van der Waals surface area contributed by atoms with Gasteiger partial charge in [-0.3, -0.25) is 4.79 Å². The lowest BCUT2D eigenvalue weighted by atomic mass is 10.1. The maximum atomic E-state index is 13.3. The average molecular weight is 281 g/mol. The molecule has 0 unspecified atom stereocenters. The van der Waals surface area contributed by atoms with Crippen LogP contribution in [0.3, 0.4) is 0 Å². The van der Waals surface area contributed by atoms with Crippen LogP contribution >= 0.6 is 0 Å². The minimum atomic E-state index is -0.399. The number of aldehydes is 1. The van der Waals surface area contributed by atoms with E-state index in [-0.39, 0.29) is 5.88 Å². The minimum absolute atomic E-state index is 0.178. The Morgan fingerprint density at radius 2 is 1.95 bits per heavy atom. The second kappa shape index (κ2) is 5.32. The van der Waals surface area contributed by atoms with Crippen molar-refractivity contribution in [3.8, 4) is 11.6 Å². The van der Waals surface area contributed by atoms with E-state index in [1.54, 1.807) is 19.1 Å². The zero-order valence-corrected chi connectivity index (χ0v) is 11.3. The molecule has 2 aromatic carbocycles. The summed E-state index contributed by atoms with van der Waals surface area (Å²) >= 11 is 0. The zero-order valence-electron chi connectivity index (χ0n) is 11.3. The highest BCUT2D eigenvalue weighted by Crippen LogP contribution is 2.28. The maximum absolute atomic E-state index is 13.3. The molecule has 0 amide bonds. The molecule has 0 N–H and O–H groups in total. The summed E-state index contributed by atoms with van der Waals surface area (Å²) in [6.07, 6.45) is 0.684. The van der Waals surface area contributed by atoms with E-state index in [2.05, 4.69) is 4.98 Å². The van der Waals surface area contributed by atoms with E-state index < -0.39 is 5.82 Å². The molecule has 0 spiro atoms. The fourth-order valence-electron chi connectivity index (χ4n) is 2.07. The number of halogens is 1. The van der Waals surface area contributed by atoms with E-state index in [1.165, 1.54) is 12.1 Å². The first kappa shape index (κ1) is 13.2. The fraction of sp³-hybridized carbons (Fsp3) is 0.0588. The SMILES string of the molecule is Cc1ccc(F)cc1Oc1nc2ccccc2cc1C=O. The number of ether oxygens (including phenoxy) is 1. The van der Waals surface area contributed by atoms with Crippen molar-refractivity contribution < 1.29 is 13.9 Å². The molecule has 0 bridgehead atoms. The van der Waals surface area contributed by atoms with Crippen LogP contribution in [0.25, 0.3) is 10.9 Å². The topological polar surface area (TPSA) is 39.2 Å². The predicted molar refractivity (Wildman–Crippen MR) is 78.3 cm³/mol. The molecule has 0 aliphatic carbocycles. The number of carbonyl (C=O) groups is 1. The lowest BCUT2D eigenvalue weighted by Gasteiger charge is -2.10. The molecular formula is C17H12FNO2. The van der Waals surface area contributed by atoms with Crippen molar-refractivity contribution in [2.45, 2.75) is 6.92 Å². The molecule has 0 radical (unpaired) electrons. The molecule has 0 aliphatic heterocycles. The molecule has 1 aromatic heterocycles. The minimum Gasteiger partial charge on any atom is -0.438 e. The molecule has 0 saturated carbocycles. The largest absolute Gasteiger partial charge is 0.438 e. The van der Waals surface area contributed by atoms with Gasteiger partial charge in [0.1, 0.15) is 11.6 Å². The van der Waals surface area contributed by atoms with Crippen LogP contribution in [-0.2, 0) is 0 Å². The van der Waals surface area contributed by atoms with E-state index in [1.807, 2.05) is 24.3 Å². The van der Waals surface area contributed by atoms with Crippen molar-refractivity contribution in [3.63, 3.8) is 0 Å². The Labute approximate surface area is 121 Å². The molecule has 0 aliphatic rings. The number of nitrogens with zero attached hydrogens (tertiary/aromatic N) is 1. The van der Waals surface area contributed by atoms with Crippen molar-refractivity contribution in [1.29, 1.82) is 0 Å². The van der Waals surface area contributed by atoms with E-state index in [9.17, 15) is 9.18 Å². The molecule has 0 saturated heterocycles. The summed E-state index contributed by atoms with van der Waals surface area (Å²) in [5.74, 6) is 0.127. The summed E-state index contributed by atoms with van der Waals surface area (Å²) in [5.41, 5.74) is 1.81. The van der Waals surface area contributed by atoms with Crippen LogP contribution in [0.2, 0.25) is 0 Å². The van der Waals surface area contributed by atoms with Crippen LogP contribution in [0.5, 0.6) is 11.6 Å². The van der Waals surface area contributed by atoms with Crippen molar-refractivity contribution in [3.05, 3.63) is 65.5 Å². The third-order valence-corrected chi connectivity index (χ3v) is 3.20. The van der Waals surface area contributed by atoms with Gasteiger partial charge in [-0.05, 0) is 30.7 Å². The molecule has 4 heteroatoms. The Bertz CT molecular complexity index is 830. The average Bonchev–Trinajstić information content (AvgIpc) is 2.50. The van der Waals surface area contributed by atoms with Gasteiger partial charge in [0.05, 0.1) is 11.1 Å². The van der Waals surface area contributed by atoms with Crippen LogP contribution in [0.4, 0.5) is 4.39 Å². The highest BCUT2D eigenvalue weighted by atomic mass is 19.1. The molecule has 0 atom stereocenters. The lowest BCUT2D eigenvalue weighted by Crippen LogP contribution is -1.96. The molecule has 1 heterocycles. The molecule has 21 heavy (non-hydrogen) atoms. The van der Waals surface area contributed by atoms with Crippen LogP contribution in [0, 0.1) is 12.7 Å². The first-order valence-corrected chi connectivity index (χ1v) is 6.46. The van der Waals surface area contributed by atoms with E-state index in [0.29, 0.717) is 23.1 Å². The second-order valence-corrected chi connectivity index (χ2v) is 4.71. The fourth-order valence-corrected chi connectivity index (χ4v) is 2.07. The van der Waals surface area contributed by atoms with Crippen molar-refractivity contribution in [2.24, 2.45) is 0 Å². The summed E-state index contributed by atoms with van der Waals surface area (Å²) in [5, 5.41) is 0.850. The summed E-state index contributed by atoms with van der Waals surface area (Å²) in [6.45, 7) is 1.80. The van der Waals surface area contributed by atoms with Gasteiger partial charge in [0, 0.05) is 11.5 Å². The van der Waals surface area contributed by atoms with Gasteiger partial charge in [0.25, 0.3) is 0 Å². The highest BCUT2D eigenvalue weighted by Gasteiger charge is 2.11. The van der Waals surface area contributed by atoms with Gasteiger partial charge in [0.2, 0.25) is 5.88 Å². The third kappa shape index (κ3) is 2.60. The smallest absolute Gasteiger partial charge is 0.230 e. The first-order chi connectivity index (χ1) is 10.2. The van der Waals surface area contributed by atoms with Gasteiger partial charge in [-0.1, -0.05) is 24.3 Å². The monoisotopic (exact) mass is 281 g/mol. The summed E-state index contributed by atoms with van der Waals surface area (Å²) in [7, 11) is 0. The van der Waals surface area contributed by atoms with Gasteiger partial charge in [0.15, 0.2) is 6.29 Å². The Kier molecular flexibility index (Phi) is 3.36. The number of hydrogen-bond acceptors (Lipinski definition) is 3. The van der Waals surface area contributed by atoms with Crippen LogP contribution in [-0.4, -0.2) is 11.3 Å². The van der Waals surface area contributed by atoms with E-state index in [4.69, 9.17) is 4.74 Å². The first-order valence-electron chi connectivity index (χ1n) is 6.46. The van der Waals surface area contributed by atoms with Crippen LogP contribution in [0.15, 0.2) is 48.5 Å². The summed E-state index contributed by atoms with van der Waals surface area (Å²) in [4.78, 5) is 15.6. The second-order valence-electron chi connectivity index (χ2n) is 4.71. The number of aromatic nitrogens is 1. The lowest BCUT2D eigenvalue weighted by molar-refractivity contribution is 0.112. The number of aryl methyl sites for hydroxylation is 1. The van der Waals surface area contributed by atoms with Crippen molar-refractivity contribution >= 4 is 17.2 Å². The van der Waals surface area contributed by atoms with Gasteiger partial charge >= 0.3 is 0 Å². The number of para-hydroxylation sites is 1. The van der Waals surface area contributed by atoms with Crippen molar-refractivity contribution in [1.82, 2.24) is 4.98 Å². The summed E-state index contributed by atoms with van der Waals surface area (Å²) in [6, 6.07) is 13.4. The molecule has 3 rings (SSSR count). The zero-order chi connectivity index (χ0) is 14.8. The number of fused-ring (bicyclic) bond motifs is 1. The van der Waals surface area contributed by atoms with Gasteiger partial charge in [-0.2, -0.15) is 0 Å². The predicted octanol–water partition coefficient (Wildman–Crippen LogP) is 4.29. The quantitative estimate of drug-likeness (QED) is 0.672. The van der Waals surface area contributed by atoms with Gasteiger partial charge in [-0.15, -0.1) is 0 Å². The normalized spacial score (nSPS) is 10.6. The number of benzene rings is 2. The Hall–Kier alpha value is -2.75. The van der Waals surface area contributed by atoms with E-state index >= 15 is 0 Å². The number of pyridine rings is 1. The number of hydrogen-bond donors (Lipinski definition) is 0. The molecular weight excluding hydrogens is 269 g/mol. The number of carbonyl (C=O) groups excluding carboxylic acids is 1. The van der Waals surface area contributed by atoms with Crippen LogP contribution in [0.1, 0.15) is 15.9 Å². The Morgan fingerprint density at radius 3 is 2.76 bits per heavy atom. The molecule has 104 valence electrons. The van der Waals surface area contributed by atoms with Crippen molar-refractivity contribution in [2.75, 3.05) is 0 Å². The third-order valence-electron chi connectivity index (χ3n) is 3.20. The molecule has 3 aromatic rings. The molecule has 3 nitrogen and oxygen atoms in total. The van der Waals surface area contributed by atoms with E-state index in [0.717, 1.165) is 10.9 Å². The Balaban J connectivity index is 2.10. The summed E-state index contributed by atoms with van der Waals surface area (Å²) < 4.78 is 19.0. The van der Waals surface area contributed by atoms with Crippen LogP contribution < -0.4 is 4.74 Å². The highest BCUT2D eigenvalue weighted by molar-refractivity contribution is 5.88. The number of rotatable bonds is 3. The van der Waals surface area contributed by atoms with Gasteiger partial charge < -0.3 is 4.74 Å². The van der Waals surface area contributed by atoms with Gasteiger partial charge in [-0.25, -0.2) is 9.37 Å². The molecule has 0 fully saturated rings. The standard InChI is InChI=1S/C17H12FNO2/c1-11-6-7-14(18)9-16(11)21-17-13(10-20)8-12-4-2-3-5-15(12)19-17/h2-10H,1H3. The maximum Gasteiger partial charge on any atom is 0.230 e. The Morgan fingerprint density at radius 1 is 1.14 bits per heavy atom.